The minimum absolute atomic E-state index is 0.0476. The lowest BCUT2D eigenvalue weighted by atomic mass is 9.95. The monoisotopic (exact) mass is 361 g/mol. The highest BCUT2D eigenvalue weighted by Crippen LogP contribution is 2.26. The third kappa shape index (κ3) is 4.42. The van der Waals surface area contributed by atoms with Gasteiger partial charge in [-0.15, -0.1) is 0 Å². The van der Waals surface area contributed by atoms with E-state index < -0.39 is 0 Å². The van der Waals surface area contributed by atoms with Gasteiger partial charge in [-0.05, 0) is 50.3 Å². The van der Waals surface area contributed by atoms with Crippen LogP contribution in [0.2, 0.25) is 0 Å². The van der Waals surface area contributed by atoms with Gasteiger partial charge in [-0.3, -0.25) is 9.78 Å². The van der Waals surface area contributed by atoms with Crippen LogP contribution in [0.25, 0.3) is 0 Å². The SMILES string of the molecule is COCCN(C)C[C@@H]1CN(C(=O)c2cnc3c(c2)CCCC3)C[C@@H]1CO. The van der Waals surface area contributed by atoms with Gasteiger partial charge >= 0.3 is 0 Å². The van der Waals surface area contributed by atoms with E-state index in [1.807, 2.05) is 11.0 Å². The van der Waals surface area contributed by atoms with Gasteiger partial charge in [-0.1, -0.05) is 0 Å². The number of methoxy groups -OCH3 is 1. The molecule has 1 fully saturated rings. The van der Waals surface area contributed by atoms with Crippen LogP contribution in [0.1, 0.15) is 34.5 Å². The molecule has 0 radical (unpaired) electrons. The zero-order chi connectivity index (χ0) is 18.5. The molecule has 3 rings (SSSR count). The topological polar surface area (TPSA) is 65.9 Å². The normalized spacial score (nSPS) is 22.7. The number of nitrogens with zero attached hydrogens (tertiary/aromatic N) is 3. The lowest BCUT2D eigenvalue weighted by Gasteiger charge is -2.23. The first-order valence-corrected chi connectivity index (χ1v) is 9.67. The number of amides is 1. The summed E-state index contributed by atoms with van der Waals surface area (Å²) in [5.41, 5.74) is 3.08. The summed E-state index contributed by atoms with van der Waals surface area (Å²) in [5.74, 6) is 0.470. The zero-order valence-electron chi connectivity index (χ0n) is 16.0. The van der Waals surface area contributed by atoms with Crippen LogP contribution >= 0.6 is 0 Å². The Morgan fingerprint density at radius 1 is 1.35 bits per heavy atom. The number of carbonyl (C=O) groups is 1. The van der Waals surface area contributed by atoms with Crippen molar-refractivity contribution in [1.82, 2.24) is 14.8 Å². The zero-order valence-corrected chi connectivity index (χ0v) is 16.0. The molecule has 1 aliphatic heterocycles. The molecule has 2 aliphatic rings. The van der Waals surface area contributed by atoms with Gasteiger partial charge in [0.05, 0.1) is 12.2 Å². The number of ether oxygens (including phenoxy) is 1. The number of fused-ring (bicyclic) bond motifs is 1. The molecule has 2 atom stereocenters. The molecule has 6 heteroatoms. The van der Waals surface area contributed by atoms with E-state index in [0.29, 0.717) is 25.3 Å². The highest BCUT2D eigenvalue weighted by molar-refractivity contribution is 5.94. The molecular formula is C20H31N3O3. The summed E-state index contributed by atoms with van der Waals surface area (Å²) in [5, 5.41) is 9.76. The molecule has 144 valence electrons. The van der Waals surface area contributed by atoms with Crippen molar-refractivity contribution >= 4 is 5.91 Å². The first kappa shape index (κ1) is 19.3. The molecule has 0 spiro atoms. The van der Waals surface area contributed by atoms with Crippen LogP contribution in [0.5, 0.6) is 0 Å². The first-order valence-electron chi connectivity index (χ1n) is 9.67. The van der Waals surface area contributed by atoms with Gasteiger partial charge in [0, 0.05) is 57.7 Å². The van der Waals surface area contributed by atoms with E-state index in [0.717, 1.165) is 31.6 Å². The van der Waals surface area contributed by atoms with Crippen LogP contribution in [0.4, 0.5) is 0 Å². The third-order valence-corrected chi connectivity index (χ3v) is 5.74. The van der Waals surface area contributed by atoms with Crippen LogP contribution in [-0.4, -0.2) is 79.3 Å². The highest BCUT2D eigenvalue weighted by Gasteiger charge is 2.35. The van der Waals surface area contributed by atoms with Crippen LogP contribution < -0.4 is 0 Å². The van der Waals surface area contributed by atoms with Gasteiger partial charge in [0.15, 0.2) is 0 Å². The summed E-state index contributed by atoms with van der Waals surface area (Å²) in [4.78, 5) is 21.6. The van der Waals surface area contributed by atoms with Crippen molar-refractivity contribution < 1.29 is 14.6 Å². The standard InChI is InChI=1S/C20H31N3O3/c1-22(7-8-26-2)11-17-12-23(13-18(17)14-24)20(25)16-9-15-5-3-4-6-19(15)21-10-16/h9-10,17-18,24H,3-8,11-14H2,1-2H3/t17-,18-/m1/s1. The first-order chi connectivity index (χ1) is 12.6. The Hall–Kier alpha value is -1.50. The van der Waals surface area contributed by atoms with E-state index >= 15 is 0 Å². The fraction of sp³-hybridized carbons (Fsp3) is 0.700. The Bertz CT molecular complexity index is 622. The van der Waals surface area contributed by atoms with Gasteiger partial charge in [-0.25, -0.2) is 0 Å². The Morgan fingerprint density at radius 3 is 2.88 bits per heavy atom. The van der Waals surface area contributed by atoms with E-state index in [4.69, 9.17) is 4.74 Å². The average Bonchev–Trinajstić information content (AvgIpc) is 3.08. The lowest BCUT2D eigenvalue weighted by Crippen LogP contribution is -2.33. The minimum atomic E-state index is 0.0476. The summed E-state index contributed by atoms with van der Waals surface area (Å²) < 4.78 is 5.13. The van der Waals surface area contributed by atoms with Gasteiger partial charge in [0.2, 0.25) is 0 Å². The molecule has 1 aromatic heterocycles. The summed E-state index contributed by atoms with van der Waals surface area (Å²) in [6, 6.07) is 2.04. The molecule has 1 aliphatic carbocycles. The van der Waals surface area contributed by atoms with Gasteiger partial charge in [0.25, 0.3) is 5.91 Å². The highest BCUT2D eigenvalue weighted by atomic mass is 16.5. The third-order valence-electron chi connectivity index (χ3n) is 5.74. The quantitative estimate of drug-likeness (QED) is 0.791. The van der Waals surface area contributed by atoms with Crippen molar-refractivity contribution in [3.8, 4) is 0 Å². The second-order valence-electron chi connectivity index (χ2n) is 7.70. The van der Waals surface area contributed by atoms with E-state index in [1.54, 1.807) is 13.3 Å². The number of carbonyl (C=O) groups excluding carboxylic acids is 1. The molecule has 26 heavy (non-hydrogen) atoms. The number of likely N-dealkylation sites (N-methyl/N-ethyl adjacent to an activating group) is 1. The fourth-order valence-corrected chi connectivity index (χ4v) is 4.14. The number of aliphatic hydroxyl groups excluding tert-OH is 1. The van der Waals surface area contributed by atoms with E-state index in [2.05, 4.69) is 16.9 Å². The van der Waals surface area contributed by atoms with Gasteiger partial charge < -0.3 is 19.6 Å². The number of hydrogen-bond donors (Lipinski definition) is 1. The molecule has 0 unspecified atom stereocenters. The van der Waals surface area contributed by atoms with Crippen molar-refractivity contribution in [3.05, 3.63) is 29.1 Å². The summed E-state index contributed by atoms with van der Waals surface area (Å²) >= 11 is 0. The van der Waals surface area contributed by atoms with E-state index in [1.165, 1.54) is 18.4 Å². The van der Waals surface area contributed by atoms with Crippen LogP contribution in [-0.2, 0) is 17.6 Å². The fourth-order valence-electron chi connectivity index (χ4n) is 4.14. The van der Waals surface area contributed by atoms with Crippen molar-refractivity contribution in [2.75, 3.05) is 53.6 Å². The molecule has 1 saturated heterocycles. The maximum absolute atomic E-state index is 13.0. The Balaban J connectivity index is 1.64. The summed E-state index contributed by atoms with van der Waals surface area (Å²) in [6.07, 6.45) is 6.15. The summed E-state index contributed by atoms with van der Waals surface area (Å²) in [7, 11) is 3.76. The Kier molecular flexibility index (Phi) is 6.62. The Morgan fingerprint density at radius 2 is 2.12 bits per heavy atom. The van der Waals surface area contributed by atoms with Gasteiger partial charge in [0.1, 0.15) is 0 Å². The lowest BCUT2D eigenvalue weighted by molar-refractivity contribution is 0.0778. The number of pyridine rings is 1. The predicted octanol–water partition coefficient (Wildman–Crippen LogP) is 1.22. The van der Waals surface area contributed by atoms with Crippen molar-refractivity contribution in [2.45, 2.75) is 25.7 Å². The molecule has 0 saturated carbocycles. The van der Waals surface area contributed by atoms with Crippen LogP contribution in [0.3, 0.4) is 0 Å². The summed E-state index contributed by atoms with van der Waals surface area (Å²) in [6.45, 7) is 3.84. The smallest absolute Gasteiger partial charge is 0.255 e. The minimum Gasteiger partial charge on any atom is -0.396 e. The molecule has 1 N–H and O–H groups in total. The second-order valence-corrected chi connectivity index (χ2v) is 7.70. The largest absolute Gasteiger partial charge is 0.396 e. The van der Waals surface area contributed by atoms with Crippen molar-refractivity contribution in [1.29, 1.82) is 0 Å². The maximum Gasteiger partial charge on any atom is 0.255 e. The molecule has 0 aromatic carbocycles. The van der Waals surface area contributed by atoms with E-state index in [-0.39, 0.29) is 24.3 Å². The molecule has 2 heterocycles. The molecule has 6 nitrogen and oxygen atoms in total. The van der Waals surface area contributed by atoms with Crippen molar-refractivity contribution in [3.63, 3.8) is 0 Å². The molecular weight excluding hydrogens is 330 g/mol. The maximum atomic E-state index is 13.0. The average molecular weight is 361 g/mol. The van der Waals surface area contributed by atoms with Crippen molar-refractivity contribution in [2.24, 2.45) is 11.8 Å². The number of hydrogen-bond acceptors (Lipinski definition) is 5. The van der Waals surface area contributed by atoms with E-state index in [9.17, 15) is 9.90 Å². The molecule has 0 bridgehead atoms. The van der Waals surface area contributed by atoms with Crippen LogP contribution in [0, 0.1) is 11.8 Å². The Labute approximate surface area is 156 Å². The number of aliphatic hydroxyl groups is 1. The molecule has 1 amide bonds. The number of likely N-dealkylation sites (tertiary alicyclic amines) is 1. The van der Waals surface area contributed by atoms with Crippen LogP contribution in [0.15, 0.2) is 12.3 Å². The molecule has 1 aromatic rings. The van der Waals surface area contributed by atoms with Gasteiger partial charge in [-0.2, -0.15) is 0 Å². The number of aromatic nitrogens is 1. The number of rotatable bonds is 7. The predicted molar refractivity (Wildman–Crippen MR) is 100 cm³/mol. The second kappa shape index (κ2) is 8.93. The number of aryl methyl sites for hydroxylation is 2.